The summed E-state index contributed by atoms with van der Waals surface area (Å²) in [5, 5.41) is 0. The SMILES string of the molecule is COc1ccc(C=CC(=O)c2ccc(F)cc2)cc1. The van der Waals surface area contributed by atoms with E-state index in [1.807, 2.05) is 24.3 Å². The van der Waals surface area contributed by atoms with E-state index in [1.54, 1.807) is 13.2 Å². The second-order valence-electron chi connectivity index (χ2n) is 3.98. The number of allylic oxidation sites excluding steroid dienone is 1. The predicted octanol–water partition coefficient (Wildman–Crippen LogP) is 3.73. The zero-order valence-corrected chi connectivity index (χ0v) is 10.5. The van der Waals surface area contributed by atoms with E-state index in [0.29, 0.717) is 5.56 Å². The van der Waals surface area contributed by atoms with Crippen molar-refractivity contribution in [3.8, 4) is 5.75 Å². The number of ether oxygens (including phenoxy) is 1. The molecule has 0 spiro atoms. The maximum absolute atomic E-state index is 12.7. The number of methoxy groups -OCH3 is 1. The highest BCUT2D eigenvalue weighted by molar-refractivity contribution is 6.06. The number of halogens is 1. The first-order chi connectivity index (χ1) is 9.19. The number of carbonyl (C=O) groups excluding carboxylic acids is 1. The Balaban J connectivity index is 2.08. The van der Waals surface area contributed by atoms with Crippen molar-refractivity contribution in [2.45, 2.75) is 0 Å². The Bertz CT molecular complexity index is 583. The summed E-state index contributed by atoms with van der Waals surface area (Å²) in [7, 11) is 1.60. The van der Waals surface area contributed by atoms with E-state index in [4.69, 9.17) is 4.74 Å². The molecule has 0 saturated heterocycles. The summed E-state index contributed by atoms with van der Waals surface area (Å²) in [5.41, 5.74) is 1.36. The van der Waals surface area contributed by atoms with Crippen LogP contribution in [0.2, 0.25) is 0 Å². The fourth-order valence-corrected chi connectivity index (χ4v) is 1.60. The van der Waals surface area contributed by atoms with Gasteiger partial charge in [-0.25, -0.2) is 4.39 Å². The summed E-state index contributed by atoms with van der Waals surface area (Å²) in [6, 6.07) is 12.8. The molecular formula is C16H13FO2. The molecule has 0 heterocycles. The highest BCUT2D eigenvalue weighted by atomic mass is 19.1. The average Bonchev–Trinajstić information content (AvgIpc) is 2.46. The van der Waals surface area contributed by atoms with Gasteiger partial charge in [0, 0.05) is 5.56 Å². The first-order valence-electron chi connectivity index (χ1n) is 5.81. The van der Waals surface area contributed by atoms with Gasteiger partial charge in [-0.2, -0.15) is 0 Å². The molecule has 2 aromatic rings. The van der Waals surface area contributed by atoms with Crippen molar-refractivity contribution in [2.75, 3.05) is 7.11 Å². The van der Waals surface area contributed by atoms with Gasteiger partial charge in [-0.3, -0.25) is 4.79 Å². The van der Waals surface area contributed by atoms with E-state index in [0.717, 1.165) is 11.3 Å². The molecule has 19 heavy (non-hydrogen) atoms. The van der Waals surface area contributed by atoms with Gasteiger partial charge in [0.25, 0.3) is 0 Å². The molecule has 0 aliphatic heterocycles. The molecule has 0 bridgehead atoms. The average molecular weight is 256 g/mol. The molecule has 0 aliphatic carbocycles. The van der Waals surface area contributed by atoms with E-state index in [9.17, 15) is 9.18 Å². The fourth-order valence-electron chi connectivity index (χ4n) is 1.60. The third-order valence-corrected chi connectivity index (χ3v) is 2.67. The zero-order chi connectivity index (χ0) is 13.7. The van der Waals surface area contributed by atoms with Crippen LogP contribution in [0, 0.1) is 5.82 Å². The van der Waals surface area contributed by atoms with Crippen molar-refractivity contribution in [1.29, 1.82) is 0 Å². The fraction of sp³-hybridized carbons (Fsp3) is 0.0625. The van der Waals surface area contributed by atoms with Crippen LogP contribution in [0.15, 0.2) is 54.6 Å². The van der Waals surface area contributed by atoms with Gasteiger partial charge in [0.05, 0.1) is 7.11 Å². The Kier molecular flexibility index (Phi) is 4.08. The molecule has 2 nitrogen and oxygen atoms in total. The summed E-state index contributed by atoms with van der Waals surface area (Å²) in [6.07, 6.45) is 3.18. The molecule has 0 aromatic heterocycles. The van der Waals surface area contributed by atoms with Crippen LogP contribution in [0.5, 0.6) is 5.75 Å². The minimum atomic E-state index is -0.351. The molecule has 0 saturated carbocycles. The van der Waals surface area contributed by atoms with Gasteiger partial charge in [0.2, 0.25) is 0 Å². The first-order valence-corrected chi connectivity index (χ1v) is 5.81. The van der Waals surface area contributed by atoms with Crippen LogP contribution in [-0.4, -0.2) is 12.9 Å². The number of carbonyl (C=O) groups is 1. The number of ketones is 1. The molecule has 0 N–H and O–H groups in total. The molecule has 0 aliphatic rings. The van der Waals surface area contributed by atoms with Crippen LogP contribution in [0.4, 0.5) is 4.39 Å². The quantitative estimate of drug-likeness (QED) is 0.615. The van der Waals surface area contributed by atoms with Crippen molar-refractivity contribution in [3.63, 3.8) is 0 Å². The summed E-state index contributed by atoms with van der Waals surface area (Å²) < 4.78 is 17.8. The molecule has 2 aromatic carbocycles. The normalized spacial score (nSPS) is 10.6. The Hall–Kier alpha value is -2.42. The first kappa shape index (κ1) is 13.0. The van der Waals surface area contributed by atoms with Crippen molar-refractivity contribution in [3.05, 3.63) is 71.6 Å². The second-order valence-corrected chi connectivity index (χ2v) is 3.98. The van der Waals surface area contributed by atoms with E-state index in [1.165, 1.54) is 30.3 Å². The topological polar surface area (TPSA) is 26.3 Å². The van der Waals surface area contributed by atoms with Gasteiger partial charge in [0.15, 0.2) is 5.78 Å². The van der Waals surface area contributed by atoms with Gasteiger partial charge in [0.1, 0.15) is 11.6 Å². The molecule has 3 heteroatoms. The lowest BCUT2D eigenvalue weighted by atomic mass is 10.1. The Labute approximate surface area is 111 Å². The maximum atomic E-state index is 12.7. The van der Waals surface area contributed by atoms with Crippen LogP contribution >= 0.6 is 0 Å². The second kappa shape index (κ2) is 5.96. The highest BCUT2D eigenvalue weighted by Crippen LogP contribution is 2.13. The summed E-state index contributed by atoms with van der Waals surface area (Å²) in [4.78, 5) is 11.8. The van der Waals surface area contributed by atoms with Crippen molar-refractivity contribution in [2.24, 2.45) is 0 Å². The van der Waals surface area contributed by atoms with Crippen LogP contribution < -0.4 is 4.74 Å². The lowest BCUT2D eigenvalue weighted by Gasteiger charge is -1.99. The molecule has 96 valence electrons. The number of benzene rings is 2. The standard InChI is InChI=1S/C16H13FO2/c1-19-15-9-2-12(3-10-15)4-11-16(18)13-5-7-14(17)8-6-13/h2-11H,1H3. The third kappa shape index (κ3) is 3.52. The third-order valence-electron chi connectivity index (χ3n) is 2.67. The Morgan fingerprint density at radius 3 is 2.26 bits per heavy atom. The Morgan fingerprint density at radius 2 is 1.68 bits per heavy atom. The molecule has 0 radical (unpaired) electrons. The molecule has 0 unspecified atom stereocenters. The predicted molar refractivity (Wildman–Crippen MR) is 72.8 cm³/mol. The molecule has 0 atom stereocenters. The van der Waals surface area contributed by atoms with Crippen molar-refractivity contribution >= 4 is 11.9 Å². The minimum absolute atomic E-state index is 0.157. The van der Waals surface area contributed by atoms with Crippen LogP contribution in [-0.2, 0) is 0 Å². The molecular weight excluding hydrogens is 243 g/mol. The molecule has 0 fully saturated rings. The molecule has 2 rings (SSSR count). The summed E-state index contributed by atoms with van der Waals surface area (Å²) in [6.45, 7) is 0. The van der Waals surface area contributed by atoms with E-state index >= 15 is 0 Å². The van der Waals surface area contributed by atoms with Crippen LogP contribution in [0.3, 0.4) is 0 Å². The minimum Gasteiger partial charge on any atom is -0.497 e. The smallest absolute Gasteiger partial charge is 0.185 e. The van der Waals surface area contributed by atoms with Crippen LogP contribution in [0.25, 0.3) is 6.08 Å². The number of rotatable bonds is 4. The van der Waals surface area contributed by atoms with Crippen LogP contribution in [0.1, 0.15) is 15.9 Å². The number of hydrogen-bond donors (Lipinski definition) is 0. The summed E-state index contributed by atoms with van der Waals surface area (Å²) >= 11 is 0. The van der Waals surface area contributed by atoms with E-state index in [2.05, 4.69) is 0 Å². The Morgan fingerprint density at radius 1 is 1.05 bits per heavy atom. The van der Waals surface area contributed by atoms with Gasteiger partial charge < -0.3 is 4.74 Å². The monoisotopic (exact) mass is 256 g/mol. The number of hydrogen-bond acceptors (Lipinski definition) is 2. The zero-order valence-electron chi connectivity index (χ0n) is 10.5. The van der Waals surface area contributed by atoms with E-state index < -0.39 is 0 Å². The van der Waals surface area contributed by atoms with Crippen molar-refractivity contribution in [1.82, 2.24) is 0 Å². The summed E-state index contributed by atoms with van der Waals surface area (Å²) in [5.74, 6) is 0.258. The largest absolute Gasteiger partial charge is 0.497 e. The molecule has 0 amide bonds. The maximum Gasteiger partial charge on any atom is 0.185 e. The lowest BCUT2D eigenvalue weighted by Crippen LogP contribution is -1.93. The van der Waals surface area contributed by atoms with Crippen molar-refractivity contribution < 1.29 is 13.9 Å². The van der Waals surface area contributed by atoms with Gasteiger partial charge in [-0.15, -0.1) is 0 Å². The van der Waals surface area contributed by atoms with Gasteiger partial charge in [-0.1, -0.05) is 18.2 Å². The van der Waals surface area contributed by atoms with Gasteiger partial charge >= 0.3 is 0 Å². The van der Waals surface area contributed by atoms with E-state index in [-0.39, 0.29) is 11.6 Å². The highest BCUT2D eigenvalue weighted by Gasteiger charge is 2.01. The van der Waals surface area contributed by atoms with Gasteiger partial charge in [-0.05, 0) is 48.0 Å². The lowest BCUT2D eigenvalue weighted by molar-refractivity contribution is 0.104.